The van der Waals surface area contributed by atoms with Crippen LogP contribution in [0.3, 0.4) is 0 Å². The number of hydrogen-bond donors (Lipinski definition) is 1. The number of hydrogen-bond acceptors (Lipinski definition) is 2. The standard InChI is InChI=1S/C19H15ClF3N3O/c1-12-5-2-3-6-13(12)10-25-18(27)16-7-4-8-26(16)17-15(20)9-14(11-24-17)19(21,22)23/h2-9,11H,10H2,1H3,(H,25,27). The summed E-state index contributed by atoms with van der Waals surface area (Å²) < 4.78 is 39.7. The summed E-state index contributed by atoms with van der Waals surface area (Å²) in [5.41, 5.74) is 1.28. The van der Waals surface area contributed by atoms with E-state index < -0.39 is 11.7 Å². The van der Waals surface area contributed by atoms with Crippen molar-refractivity contribution >= 4 is 17.5 Å². The fourth-order valence-electron chi connectivity index (χ4n) is 2.59. The lowest BCUT2D eigenvalue weighted by Crippen LogP contribution is -2.25. The number of amides is 1. The maximum Gasteiger partial charge on any atom is 0.417 e. The number of alkyl halides is 3. The van der Waals surface area contributed by atoms with Crippen LogP contribution in [0.25, 0.3) is 5.82 Å². The highest BCUT2D eigenvalue weighted by Crippen LogP contribution is 2.32. The average molecular weight is 394 g/mol. The van der Waals surface area contributed by atoms with Crippen molar-refractivity contribution in [2.75, 3.05) is 0 Å². The fourth-order valence-corrected chi connectivity index (χ4v) is 2.85. The Bertz CT molecular complexity index is 982. The molecule has 0 saturated heterocycles. The van der Waals surface area contributed by atoms with E-state index in [1.807, 2.05) is 31.2 Å². The molecule has 8 heteroatoms. The second-order valence-corrected chi connectivity index (χ2v) is 6.31. The van der Waals surface area contributed by atoms with Gasteiger partial charge in [-0.2, -0.15) is 13.2 Å². The number of nitrogens with one attached hydrogen (secondary N) is 1. The molecule has 0 bridgehead atoms. The summed E-state index contributed by atoms with van der Waals surface area (Å²) in [7, 11) is 0. The first-order chi connectivity index (χ1) is 12.8. The Kier molecular flexibility index (Phi) is 5.23. The van der Waals surface area contributed by atoms with E-state index in [2.05, 4.69) is 10.3 Å². The van der Waals surface area contributed by atoms with Gasteiger partial charge in [-0.3, -0.25) is 9.36 Å². The van der Waals surface area contributed by atoms with Crippen LogP contribution in [0.5, 0.6) is 0 Å². The van der Waals surface area contributed by atoms with Crippen LogP contribution >= 0.6 is 11.6 Å². The lowest BCUT2D eigenvalue weighted by molar-refractivity contribution is -0.137. The van der Waals surface area contributed by atoms with Crippen LogP contribution in [0.2, 0.25) is 5.02 Å². The second-order valence-electron chi connectivity index (χ2n) is 5.90. The van der Waals surface area contributed by atoms with Gasteiger partial charge in [0.25, 0.3) is 5.91 Å². The molecule has 3 aromatic rings. The molecule has 2 aromatic heterocycles. The molecule has 1 aromatic carbocycles. The van der Waals surface area contributed by atoms with Crippen LogP contribution < -0.4 is 5.32 Å². The minimum atomic E-state index is -4.54. The molecule has 0 aliphatic heterocycles. The summed E-state index contributed by atoms with van der Waals surface area (Å²) in [4.78, 5) is 16.3. The Morgan fingerprint density at radius 1 is 1.22 bits per heavy atom. The molecule has 1 N–H and O–H groups in total. The quantitative estimate of drug-likeness (QED) is 0.693. The smallest absolute Gasteiger partial charge is 0.347 e. The van der Waals surface area contributed by atoms with Crippen molar-refractivity contribution in [1.82, 2.24) is 14.9 Å². The van der Waals surface area contributed by atoms with Gasteiger partial charge in [0, 0.05) is 18.9 Å². The van der Waals surface area contributed by atoms with Crippen LogP contribution in [0, 0.1) is 6.92 Å². The van der Waals surface area contributed by atoms with E-state index in [0.29, 0.717) is 12.7 Å². The Labute approximate surface area is 158 Å². The maximum absolute atomic E-state index is 12.8. The van der Waals surface area contributed by atoms with Gasteiger partial charge in [0.1, 0.15) is 5.69 Å². The third-order valence-corrected chi connectivity index (χ3v) is 4.34. The van der Waals surface area contributed by atoms with Gasteiger partial charge in [-0.25, -0.2) is 4.98 Å². The largest absolute Gasteiger partial charge is 0.417 e. The molecule has 0 aliphatic carbocycles. The lowest BCUT2D eigenvalue weighted by Gasteiger charge is -2.13. The van der Waals surface area contributed by atoms with Crippen molar-refractivity contribution < 1.29 is 18.0 Å². The molecule has 0 spiro atoms. The van der Waals surface area contributed by atoms with Crippen LogP contribution in [0.15, 0.2) is 54.9 Å². The van der Waals surface area contributed by atoms with Crippen molar-refractivity contribution in [2.24, 2.45) is 0 Å². The minimum Gasteiger partial charge on any atom is -0.347 e. The number of carbonyl (C=O) groups excluding carboxylic acids is 1. The fraction of sp³-hybridized carbons (Fsp3) is 0.158. The highest BCUT2D eigenvalue weighted by molar-refractivity contribution is 6.32. The normalized spacial score (nSPS) is 11.4. The molecule has 2 heterocycles. The summed E-state index contributed by atoms with van der Waals surface area (Å²) in [6.45, 7) is 2.26. The highest BCUT2D eigenvalue weighted by Gasteiger charge is 2.32. The number of pyridine rings is 1. The Morgan fingerprint density at radius 3 is 2.63 bits per heavy atom. The molecule has 1 amide bonds. The van der Waals surface area contributed by atoms with Crippen LogP contribution in [-0.2, 0) is 12.7 Å². The molecule has 0 fully saturated rings. The summed E-state index contributed by atoms with van der Waals surface area (Å²) >= 11 is 5.98. The second kappa shape index (κ2) is 7.44. The van der Waals surface area contributed by atoms with Gasteiger partial charge in [0.15, 0.2) is 5.82 Å². The molecule has 3 rings (SSSR count). The van der Waals surface area contributed by atoms with Gasteiger partial charge in [-0.15, -0.1) is 0 Å². The number of rotatable bonds is 4. The van der Waals surface area contributed by atoms with Crippen LogP contribution in [0.4, 0.5) is 13.2 Å². The summed E-state index contributed by atoms with van der Waals surface area (Å²) in [5, 5.41) is 2.60. The van der Waals surface area contributed by atoms with Gasteiger partial charge in [0.2, 0.25) is 0 Å². The molecular weight excluding hydrogens is 379 g/mol. The van der Waals surface area contributed by atoms with Crippen molar-refractivity contribution in [1.29, 1.82) is 0 Å². The summed E-state index contributed by atoms with van der Waals surface area (Å²) in [6, 6.07) is 11.6. The minimum absolute atomic E-state index is 0.0516. The number of halogens is 4. The lowest BCUT2D eigenvalue weighted by atomic mass is 10.1. The van der Waals surface area contributed by atoms with Gasteiger partial charge < -0.3 is 5.32 Å². The summed E-state index contributed by atoms with van der Waals surface area (Å²) in [6.07, 6.45) is -2.33. The van der Waals surface area contributed by atoms with Crippen molar-refractivity contribution in [2.45, 2.75) is 19.6 Å². The zero-order valence-electron chi connectivity index (χ0n) is 14.2. The van der Waals surface area contributed by atoms with E-state index in [1.54, 1.807) is 12.1 Å². The average Bonchev–Trinajstić information content (AvgIpc) is 3.09. The molecule has 4 nitrogen and oxygen atoms in total. The van der Waals surface area contributed by atoms with Gasteiger partial charge in [-0.05, 0) is 36.2 Å². The van der Waals surface area contributed by atoms with Gasteiger partial charge >= 0.3 is 6.18 Å². The van der Waals surface area contributed by atoms with Crippen LogP contribution in [0.1, 0.15) is 27.2 Å². The molecule has 0 radical (unpaired) electrons. The SMILES string of the molecule is Cc1ccccc1CNC(=O)c1cccn1-c1ncc(C(F)(F)F)cc1Cl. The molecule has 27 heavy (non-hydrogen) atoms. The predicted molar refractivity (Wildman–Crippen MR) is 95.9 cm³/mol. The molecule has 0 aliphatic rings. The van der Waals surface area contributed by atoms with E-state index in [1.165, 1.54) is 10.8 Å². The van der Waals surface area contributed by atoms with Crippen molar-refractivity contribution in [3.8, 4) is 5.82 Å². The van der Waals surface area contributed by atoms with Crippen molar-refractivity contribution in [3.63, 3.8) is 0 Å². The Hall–Kier alpha value is -2.80. The number of carbonyl (C=O) groups is 1. The molecule has 0 atom stereocenters. The number of nitrogens with zero attached hydrogens (tertiary/aromatic N) is 2. The van der Waals surface area contributed by atoms with Gasteiger partial charge in [0.05, 0.1) is 10.6 Å². The zero-order chi connectivity index (χ0) is 19.6. The molecule has 140 valence electrons. The Morgan fingerprint density at radius 2 is 1.96 bits per heavy atom. The predicted octanol–water partition coefficient (Wildman–Crippen LogP) is 4.78. The number of aromatic nitrogens is 2. The topological polar surface area (TPSA) is 46.9 Å². The maximum atomic E-state index is 12.8. The Balaban J connectivity index is 1.84. The first kappa shape index (κ1) is 19.0. The first-order valence-electron chi connectivity index (χ1n) is 8.00. The molecule has 0 unspecified atom stereocenters. The molecule has 0 saturated carbocycles. The van der Waals surface area contributed by atoms with E-state index in [4.69, 9.17) is 11.6 Å². The number of benzene rings is 1. The third-order valence-electron chi connectivity index (χ3n) is 4.06. The van der Waals surface area contributed by atoms with E-state index in [0.717, 1.165) is 17.2 Å². The summed E-state index contributed by atoms with van der Waals surface area (Å²) in [5.74, 6) is -0.336. The van der Waals surface area contributed by atoms with Crippen molar-refractivity contribution in [3.05, 3.63) is 82.3 Å². The highest BCUT2D eigenvalue weighted by atomic mass is 35.5. The first-order valence-corrected chi connectivity index (χ1v) is 8.38. The van der Waals surface area contributed by atoms with E-state index >= 15 is 0 Å². The monoisotopic (exact) mass is 393 g/mol. The van der Waals surface area contributed by atoms with Crippen LogP contribution in [-0.4, -0.2) is 15.5 Å². The zero-order valence-corrected chi connectivity index (χ0v) is 15.0. The third kappa shape index (κ3) is 4.14. The van der Waals surface area contributed by atoms with E-state index in [9.17, 15) is 18.0 Å². The molecular formula is C19H15ClF3N3O. The van der Waals surface area contributed by atoms with Gasteiger partial charge in [-0.1, -0.05) is 35.9 Å². The van der Waals surface area contributed by atoms with E-state index in [-0.39, 0.29) is 22.4 Å². The number of aryl methyl sites for hydroxylation is 1.